The molecule has 0 heterocycles. The predicted octanol–water partition coefficient (Wildman–Crippen LogP) is 5.54. The summed E-state index contributed by atoms with van der Waals surface area (Å²) in [6.45, 7) is 3.38. The second kappa shape index (κ2) is 13.7. The first-order valence-electron chi connectivity index (χ1n) is 13.5. The topological polar surface area (TPSA) is 86.8 Å². The molecule has 1 N–H and O–H groups in total. The highest BCUT2D eigenvalue weighted by Crippen LogP contribution is 2.27. The fourth-order valence-corrected chi connectivity index (χ4v) is 6.28. The van der Waals surface area contributed by atoms with Crippen LogP contribution >= 0.6 is 11.6 Å². The van der Waals surface area contributed by atoms with E-state index in [1.165, 1.54) is 30.1 Å². The van der Waals surface area contributed by atoms with Crippen LogP contribution in [0.4, 0.5) is 5.69 Å². The first-order valence-corrected chi connectivity index (χ1v) is 15.4. The smallest absolute Gasteiger partial charge is 0.264 e. The van der Waals surface area contributed by atoms with E-state index in [4.69, 9.17) is 11.6 Å². The Balaban J connectivity index is 1.80. The zero-order chi connectivity index (χ0) is 30.3. The maximum absolute atomic E-state index is 14.3. The summed E-state index contributed by atoms with van der Waals surface area (Å²) in [5, 5.41) is 3.02. The van der Waals surface area contributed by atoms with E-state index >= 15 is 0 Å². The van der Waals surface area contributed by atoms with Crippen LogP contribution in [-0.4, -0.2) is 44.8 Å². The molecule has 42 heavy (non-hydrogen) atoms. The maximum Gasteiger partial charge on any atom is 0.264 e. The van der Waals surface area contributed by atoms with Crippen molar-refractivity contribution in [3.05, 3.63) is 130 Å². The number of anilines is 1. The monoisotopic (exact) mass is 603 g/mol. The van der Waals surface area contributed by atoms with E-state index in [1.54, 1.807) is 30.3 Å². The van der Waals surface area contributed by atoms with E-state index in [0.717, 1.165) is 26.6 Å². The van der Waals surface area contributed by atoms with Crippen LogP contribution in [0.5, 0.6) is 0 Å². The summed E-state index contributed by atoms with van der Waals surface area (Å²) >= 11 is 6.26. The molecule has 218 valence electrons. The number of carbonyl (C=O) groups excluding carboxylic acids is 2. The molecule has 0 radical (unpaired) electrons. The first kappa shape index (κ1) is 30.8. The second-order valence-electron chi connectivity index (χ2n) is 10.1. The minimum Gasteiger partial charge on any atom is -0.357 e. The van der Waals surface area contributed by atoms with Gasteiger partial charge in [-0.05, 0) is 60.9 Å². The van der Waals surface area contributed by atoms with Crippen LogP contribution in [0.15, 0.2) is 108 Å². The fraction of sp³-hybridized carbons (Fsp3) is 0.212. The van der Waals surface area contributed by atoms with Crippen LogP contribution in [0.25, 0.3) is 0 Å². The lowest BCUT2D eigenvalue weighted by Gasteiger charge is -2.34. The van der Waals surface area contributed by atoms with E-state index < -0.39 is 28.5 Å². The van der Waals surface area contributed by atoms with Crippen molar-refractivity contribution in [1.82, 2.24) is 10.2 Å². The van der Waals surface area contributed by atoms with Crippen molar-refractivity contribution < 1.29 is 18.0 Å². The number of hydrogen-bond donors (Lipinski definition) is 1. The summed E-state index contributed by atoms with van der Waals surface area (Å²) in [5.41, 5.74) is 3.81. The van der Waals surface area contributed by atoms with Crippen molar-refractivity contribution in [2.75, 3.05) is 17.9 Å². The van der Waals surface area contributed by atoms with Crippen molar-refractivity contribution in [1.29, 1.82) is 0 Å². The van der Waals surface area contributed by atoms with Gasteiger partial charge in [0.1, 0.15) is 12.6 Å². The Kier molecular flexibility index (Phi) is 10.0. The van der Waals surface area contributed by atoms with Gasteiger partial charge >= 0.3 is 0 Å². The number of carbonyl (C=O) groups is 2. The summed E-state index contributed by atoms with van der Waals surface area (Å²) < 4.78 is 29.1. The van der Waals surface area contributed by atoms with E-state index in [-0.39, 0.29) is 29.5 Å². The molecule has 0 aliphatic rings. The van der Waals surface area contributed by atoms with Crippen molar-refractivity contribution in [2.45, 2.75) is 37.8 Å². The Morgan fingerprint density at radius 2 is 1.52 bits per heavy atom. The number of benzene rings is 4. The Morgan fingerprint density at radius 3 is 2.17 bits per heavy atom. The summed E-state index contributed by atoms with van der Waals surface area (Å²) in [6, 6.07) is 28.9. The van der Waals surface area contributed by atoms with Gasteiger partial charge in [0, 0.05) is 25.0 Å². The lowest BCUT2D eigenvalue weighted by atomic mass is 10.0. The number of nitrogens with zero attached hydrogens (tertiary/aromatic N) is 2. The van der Waals surface area contributed by atoms with Gasteiger partial charge in [0.15, 0.2) is 0 Å². The number of likely N-dealkylation sites (N-methyl/N-ethyl adjacent to an activating group) is 1. The van der Waals surface area contributed by atoms with Gasteiger partial charge in [-0.15, -0.1) is 0 Å². The molecular formula is C33H34ClN3O4S. The van der Waals surface area contributed by atoms with Gasteiger partial charge in [-0.2, -0.15) is 0 Å². The van der Waals surface area contributed by atoms with Gasteiger partial charge in [-0.3, -0.25) is 13.9 Å². The molecule has 4 aromatic rings. The number of aryl methyl sites for hydroxylation is 2. The van der Waals surface area contributed by atoms with Gasteiger partial charge in [0.2, 0.25) is 11.8 Å². The molecule has 0 fully saturated rings. The van der Waals surface area contributed by atoms with E-state index in [1.807, 2.05) is 68.4 Å². The van der Waals surface area contributed by atoms with E-state index in [0.29, 0.717) is 5.02 Å². The van der Waals surface area contributed by atoms with Crippen molar-refractivity contribution in [3.63, 3.8) is 0 Å². The zero-order valence-corrected chi connectivity index (χ0v) is 25.4. The molecule has 0 saturated heterocycles. The third kappa shape index (κ3) is 7.38. The fourth-order valence-electron chi connectivity index (χ4n) is 4.69. The van der Waals surface area contributed by atoms with Crippen LogP contribution in [0, 0.1) is 13.8 Å². The molecule has 0 bridgehead atoms. The van der Waals surface area contributed by atoms with Crippen LogP contribution in [0.2, 0.25) is 5.02 Å². The Morgan fingerprint density at radius 1 is 0.857 bits per heavy atom. The second-order valence-corrected chi connectivity index (χ2v) is 12.4. The minimum absolute atomic E-state index is 0.0402. The third-order valence-corrected chi connectivity index (χ3v) is 9.13. The normalized spacial score (nSPS) is 11.9. The summed E-state index contributed by atoms with van der Waals surface area (Å²) in [4.78, 5) is 29.2. The Hall–Kier alpha value is -4.14. The molecule has 4 aromatic carbocycles. The number of sulfonamides is 1. The lowest BCUT2D eigenvalue weighted by Crippen LogP contribution is -2.53. The van der Waals surface area contributed by atoms with Crippen molar-refractivity contribution in [2.24, 2.45) is 0 Å². The average Bonchev–Trinajstić information content (AvgIpc) is 2.98. The molecule has 0 saturated carbocycles. The van der Waals surface area contributed by atoms with Crippen LogP contribution in [0.3, 0.4) is 0 Å². The Bertz CT molecular complexity index is 1640. The van der Waals surface area contributed by atoms with Gasteiger partial charge in [0.05, 0.1) is 10.6 Å². The van der Waals surface area contributed by atoms with Gasteiger partial charge in [-0.25, -0.2) is 8.42 Å². The van der Waals surface area contributed by atoms with Gasteiger partial charge in [0.25, 0.3) is 10.0 Å². The maximum atomic E-state index is 14.3. The summed E-state index contributed by atoms with van der Waals surface area (Å²) in [5.74, 6) is -0.880. The lowest BCUT2D eigenvalue weighted by molar-refractivity contribution is -0.139. The molecule has 1 atom stereocenters. The summed E-state index contributed by atoms with van der Waals surface area (Å²) in [6.07, 6.45) is 0.250. The van der Waals surface area contributed by atoms with Crippen molar-refractivity contribution in [3.8, 4) is 0 Å². The van der Waals surface area contributed by atoms with Gasteiger partial charge < -0.3 is 10.2 Å². The van der Waals surface area contributed by atoms with Crippen LogP contribution in [-0.2, 0) is 32.6 Å². The number of amides is 2. The SMILES string of the molecule is CNC(=O)[C@H](Cc1ccccc1)N(Cc1ccccc1C)C(=O)CN(c1cccc(Cl)c1)S(=O)(=O)c1ccc(C)cc1. The molecule has 2 amide bonds. The average molecular weight is 604 g/mol. The molecule has 7 nitrogen and oxygen atoms in total. The number of hydrogen-bond acceptors (Lipinski definition) is 4. The quantitative estimate of drug-likeness (QED) is 0.244. The number of nitrogens with one attached hydrogen (secondary N) is 1. The molecule has 0 aliphatic heterocycles. The first-order chi connectivity index (χ1) is 20.1. The highest BCUT2D eigenvalue weighted by Gasteiger charge is 2.34. The van der Waals surface area contributed by atoms with Gasteiger partial charge in [-0.1, -0.05) is 90.0 Å². The summed E-state index contributed by atoms with van der Waals surface area (Å²) in [7, 11) is -2.66. The molecule has 0 aliphatic carbocycles. The third-order valence-electron chi connectivity index (χ3n) is 7.10. The molecule has 9 heteroatoms. The Labute approximate surface area is 252 Å². The zero-order valence-electron chi connectivity index (χ0n) is 23.8. The highest BCUT2D eigenvalue weighted by molar-refractivity contribution is 7.92. The highest BCUT2D eigenvalue weighted by atomic mass is 35.5. The predicted molar refractivity (Wildman–Crippen MR) is 167 cm³/mol. The minimum atomic E-state index is -4.18. The number of rotatable bonds is 11. The largest absolute Gasteiger partial charge is 0.357 e. The van der Waals surface area contributed by atoms with E-state index in [9.17, 15) is 18.0 Å². The number of halogens is 1. The molecule has 0 spiro atoms. The molecule has 0 unspecified atom stereocenters. The van der Waals surface area contributed by atoms with Crippen LogP contribution in [0.1, 0.15) is 22.3 Å². The van der Waals surface area contributed by atoms with E-state index in [2.05, 4.69) is 5.32 Å². The van der Waals surface area contributed by atoms with Crippen molar-refractivity contribution >= 4 is 39.1 Å². The van der Waals surface area contributed by atoms with Crippen LogP contribution < -0.4 is 9.62 Å². The molecular weight excluding hydrogens is 570 g/mol. The molecule has 4 rings (SSSR count). The standard InChI is InChI=1S/C33H34ClN3O4S/c1-24-16-18-30(19-17-24)42(40,41)37(29-15-9-14-28(34)21-29)23-32(38)36(22-27-13-8-7-10-25(27)2)31(33(39)35-3)20-26-11-5-4-6-12-26/h4-19,21,31H,20,22-23H2,1-3H3,(H,35,39)/t31-/m0/s1. The molecule has 0 aromatic heterocycles.